The Bertz CT molecular complexity index is 1310. The molecule has 1 N–H and O–H groups in total. The van der Waals surface area contributed by atoms with Crippen molar-refractivity contribution in [3.63, 3.8) is 0 Å². The highest BCUT2D eigenvalue weighted by molar-refractivity contribution is 6.32. The van der Waals surface area contributed by atoms with Crippen LogP contribution in [-0.4, -0.2) is 22.6 Å². The van der Waals surface area contributed by atoms with E-state index in [4.69, 9.17) is 26.2 Å². The average molecular weight is 479 g/mol. The zero-order valence-electron chi connectivity index (χ0n) is 18.0. The summed E-state index contributed by atoms with van der Waals surface area (Å²) < 4.78 is 11.5. The van der Waals surface area contributed by atoms with Crippen LogP contribution in [0.5, 0.6) is 11.5 Å². The molecule has 0 amide bonds. The number of nitro groups is 1. The van der Waals surface area contributed by atoms with Gasteiger partial charge in [-0.05, 0) is 54.0 Å². The molecule has 0 unspecified atom stereocenters. The van der Waals surface area contributed by atoms with Gasteiger partial charge in [0.15, 0.2) is 11.5 Å². The summed E-state index contributed by atoms with van der Waals surface area (Å²) in [6.45, 7) is 2.18. The first-order valence-electron chi connectivity index (χ1n) is 10.1. The number of carboxylic acid groups (broad SMARTS) is 1. The Morgan fingerprint density at radius 1 is 1.15 bits per heavy atom. The number of nitrogens with zero attached hydrogens (tertiary/aromatic N) is 2. The first-order valence-corrected chi connectivity index (χ1v) is 10.5. The molecule has 0 aromatic heterocycles. The van der Waals surface area contributed by atoms with Crippen molar-refractivity contribution >= 4 is 34.9 Å². The number of aromatic carboxylic acids is 1. The van der Waals surface area contributed by atoms with Crippen molar-refractivity contribution in [1.29, 1.82) is 5.26 Å². The quantitative estimate of drug-likeness (QED) is 0.173. The van der Waals surface area contributed by atoms with Gasteiger partial charge in [-0.1, -0.05) is 35.9 Å². The van der Waals surface area contributed by atoms with Gasteiger partial charge in [0.1, 0.15) is 6.61 Å². The Morgan fingerprint density at radius 2 is 1.88 bits per heavy atom. The summed E-state index contributed by atoms with van der Waals surface area (Å²) in [5.74, 6) is -0.426. The smallest absolute Gasteiger partial charge is 0.335 e. The minimum atomic E-state index is -1.04. The molecule has 0 aliphatic carbocycles. The molecule has 3 rings (SSSR count). The molecule has 3 aromatic rings. The number of rotatable bonds is 9. The molecule has 172 valence electrons. The van der Waals surface area contributed by atoms with E-state index in [0.717, 1.165) is 0 Å². The predicted molar refractivity (Wildman–Crippen MR) is 127 cm³/mol. The lowest BCUT2D eigenvalue weighted by molar-refractivity contribution is -0.384. The number of nitro benzene ring substituents is 1. The minimum Gasteiger partial charge on any atom is -0.490 e. The first kappa shape index (κ1) is 24.3. The van der Waals surface area contributed by atoms with Crippen LogP contribution < -0.4 is 9.47 Å². The third kappa shape index (κ3) is 5.91. The predicted octanol–water partition coefficient (Wildman–Crippen LogP) is 5.99. The second-order valence-corrected chi connectivity index (χ2v) is 7.44. The van der Waals surface area contributed by atoms with Gasteiger partial charge in [0.25, 0.3) is 5.69 Å². The number of non-ortho nitro benzene ring substituents is 1. The van der Waals surface area contributed by atoms with Gasteiger partial charge in [-0.3, -0.25) is 10.1 Å². The summed E-state index contributed by atoms with van der Waals surface area (Å²) in [5.41, 5.74) is 1.80. The van der Waals surface area contributed by atoms with Gasteiger partial charge in [-0.25, -0.2) is 4.79 Å². The number of benzene rings is 3. The molecule has 0 saturated heterocycles. The van der Waals surface area contributed by atoms with E-state index in [1.807, 2.05) is 0 Å². The summed E-state index contributed by atoms with van der Waals surface area (Å²) in [6.07, 6.45) is 1.55. The lowest BCUT2D eigenvalue weighted by atomic mass is 10.0. The standard InChI is InChI=1S/C25H19ClN2O6/c1-2-33-23-12-17(10-20(14-27)18-6-4-8-21(13-18)28(31)32)11-22(26)24(23)34-15-16-5-3-7-19(9-16)25(29)30/h3-13H,2,15H2,1H3,(H,29,30). The number of hydrogen-bond acceptors (Lipinski definition) is 6. The fourth-order valence-electron chi connectivity index (χ4n) is 3.16. The van der Waals surface area contributed by atoms with Crippen molar-refractivity contribution < 1.29 is 24.3 Å². The first-order chi connectivity index (χ1) is 16.3. The van der Waals surface area contributed by atoms with Crippen LogP contribution in [0.3, 0.4) is 0 Å². The van der Waals surface area contributed by atoms with Gasteiger partial charge in [0, 0.05) is 12.1 Å². The second-order valence-electron chi connectivity index (χ2n) is 7.03. The maximum Gasteiger partial charge on any atom is 0.335 e. The largest absolute Gasteiger partial charge is 0.490 e. The highest BCUT2D eigenvalue weighted by Gasteiger charge is 2.15. The molecule has 0 aliphatic heterocycles. The van der Waals surface area contributed by atoms with Gasteiger partial charge >= 0.3 is 5.97 Å². The fourth-order valence-corrected chi connectivity index (χ4v) is 3.43. The van der Waals surface area contributed by atoms with Gasteiger partial charge in [-0.15, -0.1) is 0 Å². The number of allylic oxidation sites excluding steroid dienone is 1. The van der Waals surface area contributed by atoms with Crippen LogP contribution >= 0.6 is 11.6 Å². The third-order valence-electron chi connectivity index (χ3n) is 4.69. The lowest BCUT2D eigenvalue weighted by Crippen LogP contribution is -2.03. The normalized spacial score (nSPS) is 10.9. The van der Waals surface area contributed by atoms with Crippen LogP contribution in [0.1, 0.15) is 34.0 Å². The average Bonchev–Trinajstić information content (AvgIpc) is 2.82. The van der Waals surface area contributed by atoms with Crippen LogP contribution in [0, 0.1) is 21.4 Å². The highest BCUT2D eigenvalue weighted by atomic mass is 35.5. The van der Waals surface area contributed by atoms with Gasteiger partial charge in [-0.2, -0.15) is 5.26 Å². The Morgan fingerprint density at radius 3 is 2.56 bits per heavy atom. The zero-order chi connectivity index (χ0) is 24.7. The van der Waals surface area contributed by atoms with E-state index in [2.05, 4.69) is 6.07 Å². The molecule has 0 heterocycles. The summed E-state index contributed by atoms with van der Waals surface area (Å²) >= 11 is 6.46. The number of ether oxygens (including phenoxy) is 2. The van der Waals surface area contributed by atoms with Crippen LogP contribution in [0.25, 0.3) is 11.6 Å². The fraction of sp³-hybridized carbons (Fsp3) is 0.120. The number of carbonyl (C=O) groups is 1. The Hall–Kier alpha value is -4.35. The van der Waals surface area contributed by atoms with Crippen molar-refractivity contribution in [3.05, 3.63) is 98.1 Å². The molecule has 0 saturated carbocycles. The van der Waals surface area contributed by atoms with Crippen molar-refractivity contribution in [1.82, 2.24) is 0 Å². The van der Waals surface area contributed by atoms with E-state index in [9.17, 15) is 20.2 Å². The Labute approximate surface area is 200 Å². The van der Waals surface area contributed by atoms with Gasteiger partial charge < -0.3 is 14.6 Å². The molecule has 0 aliphatic rings. The molecule has 0 atom stereocenters. The SMILES string of the molecule is CCOc1cc(C=C(C#N)c2cccc([N+](=O)[O-])c2)cc(Cl)c1OCc1cccc(C(=O)O)c1. The topological polar surface area (TPSA) is 123 Å². The monoisotopic (exact) mass is 478 g/mol. The third-order valence-corrected chi connectivity index (χ3v) is 4.97. The molecule has 0 bridgehead atoms. The van der Waals surface area contributed by atoms with E-state index in [1.54, 1.807) is 43.3 Å². The Balaban J connectivity index is 1.93. The molecule has 9 heteroatoms. The lowest BCUT2D eigenvalue weighted by Gasteiger charge is -2.15. The van der Waals surface area contributed by atoms with E-state index in [0.29, 0.717) is 29.0 Å². The van der Waals surface area contributed by atoms with Crippen molar-refractivity contribution in [3.8, 4) is 17.6 Å². The van der Waals surface area contributed by atoms with Gasteiger partial charge in [0.2, 0.25) is 0 Å². The van der Waals surface area contributed by atoms with Gasteiger partial charge in [0.05, 0.1) is 33.8 Å². The summed E-state index contributed by atoms with van der Waals surface area (Å²) in [4.78, 5) is 21.7. The number of halogens is 1. The van der Waals surface area contributed by atoms with Crippen LogP contribution in [0.2, 0.25) is 5.02 Å². The molecular weight excluding hydrogens is 460 g/mol. The van der Waals surface area contributed by atoms with Crippen molar-refractivity contribution in [2.75, 3.05) is 6.61 Å². The molecule has 0 fully saturated rings. The summed E-state index contributed by atoms with van der Waals surface area (Å²) in [6, 6.07) is 17.4. The molecule has 3 aromatic carbocycles. The molecule has 8 nitrogen and oxygen atoms in total. The number of hydrogen-bond donors (Lipinski definition) is 1. The highest BCUT2D eigenvalue weighted by Crippen LogP contribution is 2.38. The number of nitriles is 1. The summed E-state index contributed by atoms with van der Waals surface area (Å²) in [7, 11) is 0. The molecule has 0 spiro atoms. The zero-order valence-corrected chi connectivity index (χ0v) is 18.8. The van der Waals surface area contributed by atoms with Crippen LogP contribution in [0.4, 0.5) is 5.69 Å². The van der Waals surface area contributed by atoms with E-state index in [-0.39, 0.29) is 34.2 Å². The maximum atomic E-state index is 11.2. The Kier molecular flexibility index (Phi) is 7.85. The molecular formula is C25H19ClN2O6. The molecule has 34 heavy (non-hydrogen) atoms. The van der Waals surface area contributed by atoms with Crippen molar-refractivity contribution in [2.24, 2.45) is 0 Å². The summed E-state index contributed by atoms with van der Waals surface area (Å²) in [5, 5.41) is 30.1. The van der Waals surface area contributed by atoms with E-state index < -0.39 is 10.9 Å². The van der Waals surface area contributed by atoms with Crippen LogP contribution in [0.15, 0.2) is 60.7 Å². The maximum absolute atomic E-state index is 11.2. The van der Waals surface area contributed by atoms with E-state index in [1.165, 1.54) is 30.3 Å². The second kappa shape index (κ2) is 11.0. The molecule has 0 radical (unpaired) electrons. The minimum absolute atomic E-state index is 0.0627. The number of carboxylic acids is 1. The van der Waals surface area contributed by atoms with Crippen LogP contribution in [-0.2, 0) is 6.61 Å². The van der Waals surface area contributed by atoms with E-state index >= 15 is 0 Å². The van der Waals surface area contributed by atoms with Crippen molar-refractivity contribution in [2.45, 2.75) is 13.5 Å².